The topological polar surface area (TPSA) is 72.1 Å². The Balaban J connectivity index is 1.81. The molecule has 0 spiro atoms. The summed E-state index contributed by atoms with van der Waals surface area (Å²) in [4.78, 5) is 6.79. The van der Waals surface area contributed by atoms with E-state index in [1.807, 2.05) is 0 Å². The summed E-state index contributed by atoms with van der Waals surface area (Å²) in [6.45, 7) is 3.95. The molecule has 6 heteroatoms. The summed E-state index contributed by atoms with van der Waals surface area (Å²) in [7, 11) is 4.22. The van der Waals surface area contributed by atoms with E-state index in [0.717, 1.165) is 52.0 Å². The summed E-state index contributed by atoms with van der Waals surface area (Å²) >= 11 is 0. The highest BCUT2D eigenvalue weighted by atomic mass is 16.5. The van der Waals surface area contributed by atoms with E-state index in [2.05, 4.69) is 29.3 Å². The molecule has 0 radical (unpaired) electrons. The third-order valence-corrected chi connectivity index (χ3v) is 4.45. The molecule has 0 saturated carbocycles. The molecular weight excluding hydrogens is 256 g/mol. The van der Waals surface area contributed by atoms with Crippen LogP contribution in [0.2, 0.25) is 0 Å². The van der Waals surface area contributed by atoms with Crippen LogP contribution in [-0.2, 0) is 9.47 Å². The molecule has 0 aromatic heterocycles. The summed E-state index contributed by atoms with van der Waals surface area (Å²) in [6.07, 6.45) is 4.55. The van der Waals surface area contributed by atoms with Gasteiger partial charge < -0.3 is 25.4 Å². The van der Waals surface area contributed by atoms with Gasteiger partial charge in [0.15, 0.2) is 5.96 Å². The van der Waals surface area contributed by atoms with Crippen molar-refractivity contribution < 1.29 is 9.47 Å². The number of likely N-dealkylation sites (N-methyl/N-ethyl adjacent to an activating group) is 1. The molecule has 20 heavy (non-hydrogen) atoms. The van der Waals surface area contributed by atoms with Crippen LogP contribution in [0.4, 0.5) is 0 Å². The van der Waals surface area contributed by atoms with Crippen LogP contribution >= 0.6 is 0 Å². The van der Waals surface area contributed by atoms with Gasteiger partial charge in [0.25, 0.3) is 0 Å². The van der Waals surface area contributed by atoms with Gasteiger partial charge in [0.05, 0.1) is 12.6 Å². The van der Waals surface area contributed by atoms with Gasteiger partial charge in [0.2, 0.25) is 0 Å². The second-order valence-electron chi connectivity index (χ2n) is 5.95. The molecule has 2 fully saturated rings. The van der Waals surface area contributed by atoms with E-state index in [9.17, 15) is 0 Å². The van der Waals surface area contributed by atoms with Crippen LogP contribution in [0.3, 0.4) is 0 Å². The monoisotopic (exact) mass is 284 g/mol. The lowest BCUT2D eigenvalue weighted by atomic mass is 9.89. The molecule has 1 atom stereocenters. The Morgan fingerprint density at radius 1 is 1.35 bits per heavy atom. The van der Waals surface area contributed by atoms with Crippen LogP contribution in [0.5, 0.6) is 0 Å². The van der Waals surface area contributed by atoms with Crippen LogP contribution in [0.15, 0.2) is 4.99 Å². The summed E-state index contributed by atoms with van der Waals surface area (Å²) < 4.78 is 11.0. The fourth-order valence-electron chi connectivity index (χ4n) is 2.81. The number of nitrogens with two attached hydrogens (primary N) is 1. The van der Waals surface area contributed by atoms with Crippen molar-refractivity contribution >= 4 is 5.96 Å². The quantitative estimate of drug-likeness (QED) is 0.557. The minimum Gasteiger partial charge on any atom is -0.381 e. The standard InChI is InChI=1S/C14H28N4O2/c1-18(2)14(5-8-19-9-6-14)11-17-13(15)16-10-12-4-3-7-20-12/h12H,3-11H2,1-2H3,(H3,15,16,17). The van der Waals surface area contributed by atoms with E-state index in [1.165, 1.54) is 0 Å². The van der Waals surface area contributed by atoms with Crippen LogP contribution in [0.1, 0.15) is 25.7 Å². The molecule has 6 nitrogen and oxygen atoms in total. The first-order chi connectivity index (χ1) is 9.62. The molecule has 0 bridgehead atoms. The van der Waals surface area contributed by atoms with E-state index in [4.69, 9.17) is 15.2 Å². The Morgan fingerprint density at radius 2 is 2.10 bits per heavy atom. The van der Waals surface area contributed by atoms with E-state index >= 15 is 0 Å². The van der Waals surface area contributed by atoms with E-state index in [-0.39, 0.29) is 11.6 Å². The molecular formula is C14H28N4O2. The van der Waals surface area contributed by atoms with Crippen molar-refractivity contribution in [3.63, 3.8) is 0 Å². The highest BCUT2D eigenvalue weighted by Crippen LogP contribution is 2.26. The molecule has 3 N–H and O–H groups in total. The summed E-state index contributed by atoms with van der Waals surface area (Å²) in [5.41, 5.74) is 6.04. The number of nitrogens with one attached hydrogen (secondary N) is 1. The second-order valence-corrected chi connectivity index (χ2v) is 5.95. The first kappa shape index (κ1) is 15.5. The van der Waals surface area contributed by atoms with Gasteiger partial charge in [-0.15, -0.1) is 0 Å². The van der Waals surface area contributed by atoms with Crippen molar-refractivity contribution in [3.8, 4) is 0 Å². The van der Waals surface area contributed by atoms with Gasteiger partial charge in [0.1, 0.15) is 0 Å². The summed E-state index contributed by atoms with van der Waals surface area (Å²) in [6, 6.07) is 0. The number of hydrogen-bond donors (Lipinski definition) is 2. The third kappa shape index (κ3) is 4.07. The lowest BCUT2D eigenvalue weighted by molar-refractivity contribution is -0.00253. The molecule has 2 aliphatic rings. The highest BCUT2D eigenvalue weighted by Gasteiger charge is 2.34. The molecule has 0 aromatic rings. The van der Waals surface area contributed by atoms with Crippen molar-refractivity contribution in [1.82, 2.24) is 10.2 Å². The lowest BCUT2D eigenvalue weighted by Gasteiger charge is -2.41. The Hall–Kier alpha value is -0.850. The molecule has 0 aromatic carbocycles. The Morgan fingerprint density at radius 3 is 2.70 bits per heavy atom. The first-order valence-electron chi connectivity index (χ1n) is 7.53. The number of hydrogen-bond acceptors (Lipinski definition) is 4. The number of rotatable bonds is 5. The number of ether oxygens (including phenoxy) is 2. The zero-order valence-electron chi connectivity index (χ0n) is 12.7. The van der Waals surface area contributed by atoms with Crippen LogP contribution in [0.25, 0.3) is 0 Å². The second kappa shape index (κ2) is 7.24. The van der Waals surface area contributed by atoms with Crippen molar-refractivity contribution in [2.45, 2.75) is 37.3 Å². The summed E-state index contributed by atoms with van der Waals surface area (Å²) in [5.74, 6) is 0.521. The van der Waals surface area contributed by atoms with Gasteiger partial charge in [-0.25, -0.2) is 0 Å². The highest BCUT2D eigenvalue weighted by molar-refractivity contribution is 5.77. The predicted molar refractivity (Wildman–Crippen MR) is 79.9 cm³/mol. The average molecular weight is 284 g/mol. The molecule has 2 saturated heterocycles. The fraction of sp³-hybridized carbons (Fsp3) is 0.929. The third-order valence-electron chi connectivity index (χ3n) is 4.45. The normalized spacial score (nSPS) is 26.9. The van der Waals surface area contributed by atoms with Crippen molar-refractivity contribution in [1.29, 1.82) is 0 Å². The minimum absolute atomic E-state index is 0.0778. The largest absolute Gasteiger partial charge is 0.381 e. The van der Waals surface area contributed by atoms with Crippen LogP contribution in [-0.4, -0.2) is 69.5 Å². The maximum atomic E-state index is 5.96. The zero-order valence-corrected chi connectivity index (χ0v) is 12.7. The number of guanidine groups is 1. The smallest absolute Gasteiger partial charge is 0.188 e. The zero-order chi connectivity index (χ0) is 14.4. The Labute approximate surface area is 121 Å². The SMILES string of the molecule is CN(C)C1(CN=C(N)NCC2CCCO2)CCOCC1. The predicted octanol–water partition coefficient (Wildman–Crippen LogP) is 0.181. The van der Waals surface area contributed by atoms with Gasteiger partial charge in [0, 0.05) is 31.9 Å². The van der Waals surface area contributed by atoms with Gasteiger partial charge >= 0.3 is 0 Å². The Kier molecular flexibility index (Phi) is 5.63. The van der Waals surface area contributed by atoms with Gasteiger partial charge in [-0.2, -0.15) is 0 Å². The fourth-order valence-corrected chi connectivity index (χ4v) is 2.81. The molecule has 116 valence electrons. The van der Waals surface area contributed by atoms with Gasteiger partial charge in [-0.3, -0.25) is 4.99 Å². The molecule has 2 rings (SSSR count). The van der Waals surface area contributed by atoms with E-state index in [1.54, 1.807) is 0 Å². The number of nitrogens with zero attached hydrogens (tertiary/aromatic N) is 2. The average Bonchev–Trinajstić information content (AvgIpc) is 2.97. The first-order valence-corrected chi connectivity index (χ1v) is 7.53. The molecule has 2 aliphatic heterocycles. The Bertz CT molecular complexity index is 321. The molecule has 2 heterocycles. The van der Waals surface area contributed by atoms with E-state index in [0.29, 0.717) is 12.5 Å². The molecule has 0 amide bonds. The lowest BCUT2D eigenvalue weighted by Crippen LogP contribution is -2.51. The maximum absolute atomic E-state index is 5.96. The maximum Gasteiger partial charge on any atom is 0.188 e. The molecule has 0 aliphatic carbocycles. The number of aliphatic imine (C=N–C) groups is 1. The van der Waals surface area contributed by atoms with Gasteiger partial charge in [-0.1, -0.05) is 0 Å². The van der Waals surface area contributed by atoms with Crippen molar-refractivity contribution in [2.24, 2.45) is 10.7 Å². The minimum atomic E-state index is 0.0778. The van der Waals surface area contributed by atoms with Crippen LogP contribution < -0.4 is 11.1 Å². The van der Waals surface area contributed by atoms with Gasteiger partial charge in [-0.05, 0) is 39.8 Å². The van der Waals surface area contributed by atoms with Crippen molar-refractivity contribution in [2.75, 3.05) is 47.0 Å². The van der Waals surface area contributed by atoms with Crippen molar-refractivity contribution in [3.05, 3.63) is 0 Å². The molecule has 1 unspecified atom stereocenters. The summed E-state index contributed by atoms with van der Waals surface area (Å²) in [5, 5.41) is 3.17. The van der Waals surface area contributed by atoms with Crippen LogP contribution in [0, 0.1) is 0 Å². The van der Waals surface area contributed by atoms with E-state index < -0.39 is 0 Å².